The highest BCUT2D eigenvalue weighted by molar-refractivity contribution is 6.02. The number of esters is 1. The number of methoxy groups -OCH3 is 1. The zero-order valence-corrected chi connectivity index (χ0v) is 12.5. The van der Waals surface area contributed by atoms with Crippen LogP contribution in [0.1, 0.15) is 49.0 Å². The van der Waals surface area contributed by atoms with Gasteiger partial charge in [-0.25, -0.2) is 4.79 Å². The summed E-state index contributed by atoms with van der Waals surface area (Å²) in [5, 5.41) is 5.51. The fraction of sp³-hybridized carbons (Fsp3) is 0.529. The number of hydrogen-bond acceptors (Lipinski definition) is 3. The monoisotopic (exact) mass is 286 g/mol. The van der Waals surface area contributed by atoms with E-state index in [0.29, 0.717) is 11.6 Å². The molecule has 1 heterocycles. The molecule has 4 heteroatoms. The quantitative estimate of drug-likeness (QED) is 0.637. The van der Waals surface area contributed by atoms with Gasteiger partial charge in [0, 0.05) is 11.9 Å². The Hall–Kier alpha value is -1.84. The lowest BCUT2D eigenvalue weighted by atomic mass is 10.0. The smallest absolute Gasteiger partial charge is 0.356 e. The first-order valence-corrected chi connectivity index (χ1v) is 7.83. The van der Waals surface area contributed by atoms with Crippen LogP contribution in [0.2, 0.25) is 0 Å². The van der Waals surface area contributed by atoms with Crippen molar-refractivity contribution in [1.82, 2.24) is 9.78 Å². The molecule has 0 spiro atoms. The van der Waals surface area contributed by atoms with Crippen LogP contribution in [0.25, 0.3) is 10.9 Å². The van der Waals surface area contributed by atoms with E-state index in [1.165, 1.54) is 45.6 Å². The van der Waals surface area contributed by atoms with Crippen molar-refractivity contribution in [1.29, 1.82) is 0 Å². The van der Waals surface area contributed by atoms with Crippen molar-refractivity contribution in [3.05, 3.63) is 30.0 Å². The van der Waals surface area contributed by atoms with E-state index in [0.717, 1.165) is 17.4 Å². The third kappa shape index (κ3) is 2.94. The van der Waals surface area contributed by atoms with E-state index in [1.807, 2.05) is 28.9 Å². The van der Waals surface area contributed by atoms with Gasteiger partial charge in [-0.15, -0.1) is 0 Å². The van der Waals surface area contributed by atoms with Crippen molar-refractivity contribution >= 4 is 16.9 Å². The molecule has 4 nitrogen and oxygen atoms in total. The number of nitrogens with zero attached hydrogens (tertiary/aromatic N) is 2. The van der Waals surface area contributed by atoms with Crippen LogP contribution in [0, 0.1) is 5.92 Å². The highest BCUT2D eigenvalue weighted by Gasteiger charge is 2.21. The van der Waals surface area contributed by atoms with E-state index in [2.05, 4.69) is 5.10 Å². The van der Waals surface area contributed by atoms with Crippen LogP contribution in [-0.4, -0.2) is 22.9 Å². The summed E-state index contributed by atoms with van der Waals surface area (Å²) in [6, 6.07) is 7.78. The fourth-order valence-corrected chi connectivity index (χ4v) is 3.32. The molecule has 1 aromatic heterocycles. The maximum Gasteiger partial charge on any atom is 0.356 e. The van der Waals surface area contributed by atoms with Gasteiger partial charge in [0.2, 0.25) is 0 Å². The second-order valence-electron chi connectivity index (χ2n) is 5.90. The molecule has 112 valence electrons. The molecule has 0 atom stereocenters. The van der Waals surface area contributed by atoms with Crippen LogP contribution in [0.3, 0.4) is 0 Å². The molecule has 3 rings (SSSR count). The van der Waals surface area contributed by atoms with Gasteiger partial charge in [0.15, 0.2) is 5.69 Å². The molecule has 0 saturated heterocycles. The second-order valence-corrected chi connectivity index (χ2v) is 5.90. The molecule has 0 unspecified atom stereocenters. The Labute approximate surface area is 125 Å². The normalized spacial score (nSPS) is 16.8. The predicted octanol–water partition coefficient (Wildman–Crippen LogP) is 3.79. The molecule has 2 aromatic rings. The van der Waals surface area contributed by atoms with Gasteiger partial charge in [0.25, 0.3) is 0 Å². The summed E-state index contributed by atoms with van der Waals surface area (Å²) >= 11 is 0. The second kappa shape index (κ2) is 6.29. The van der Waals surface area contributed by atoms with Gasteiger partial charge < -0.3 is 4.74 Å². The number of aromatic nitrogens is 2. The minimum Gasteiger partial charge on any atom is -0.464 e. The van der Waals surface area contributed by atoms with E-state index in [1.54, 1.807) is 0 Å². The standard InChI is InChI=1S/C17H22N2O2/c1-21-17(20)16-14-10-6-7-11-15(14)18-19(16)12-13-8-4-2-3-5-9-13/h6-7,10-11,13H,2-5,8-9,12H2,1H3. The SMILES string of the molecule is COC(=O)c1c2ccccc2nn1CC1CCCCCC1. The van der Waals surface area contributed by atoms with Gasteiger partial charge in [0.1, 0.15) is 0 Å². The van der Waals surface area contributed by atoms with Gasteiger partial charge in [-0.2, -0.15) is 5.10 Å². The van der Waals surface area contributed by atoms with Gasteiger partial charge in [-0.1, -0.05) is 43.9 Å². The first-order chi connectivity index (χ1) is 10.3. The minimum atomic E-state index is -0.294. The summed E-state index contributed by atoms with van der Waals surface area (Å²) in [6.45, 7) is 0.819. The number of hydrogen-bond donors (Lipinski definition) is 0. The molecule has 1 saturated carbocycles. The van der Waals surface area contributed by atoms with Gasteiger partial charge in [-0.3, -0.25) is 4.68 Å². The number of carbonyl (C=O) groups is 1. The zero-order valence-electron chi connectivity index (χ0n) is 12.5. The van der Waals surface area contributed by atoms with Crippen molar-refractivity contribution in [3.8, 4) is 0 Å². The number of fused-ring (bicyclic) bond motifs is 1. The van der Waals surface area contributed by atoms with Crippen molar-refractivity contribution in [2.45, 2.75) is 45.1 Å². The van der Waals surface area contributed by atoms with Crippen LogP contribution < -0.4 is 0 Å². The molecular formula is C17H22N2O2. The molecule has 1 fully saturated rings. The number of ether oxygens (including phenoxy) is 1. The van der Waals surface area contributed by atoms with Crippen molar-refractivity contribution in [3.63, 3.8) is 0 Å². The molecule has 1 aliphatic rings. The van der Waals surface area contributed by atoms with E-state index < -0.39 is 0 Å². The minimum absolute atomic E-state index is 0.294. The fourth-order valence-electron chi connectivity index (χ4n) is 3.32. The van der Waals surface area contributed by atoms with Crippen LogP contribution in [0.4, 0.5) is 0 Å². The van der Waals surface area contributed by atoms with Crippen molar-refractivity contribution < 1.29 is 9.53 Å². The molecule has 0 radical (unpaired) electrons. The summed E-state index contributed by atoms with van der Waals surface area (Å²) < 4.78 is 6.83. The predicted molar refractivity (Wildman–Crippen MR) is 82.3 cm³/mol. The van der Waals surface area contributed by atoms with E-state index >= 15 is 0 Å². The van der Waals surface area contributed by atoms with E-state index in [9.17, 15) is 4.79 Å². The molecule has 0 aliphatic heterocycles. The Morgan fingerprint density at radius 1 is 1.24 bits per heavy atom. The Morgan fingerprint density at radius 2 is 1.95 bits per heavy atom. The number of rotatable bonds is 3. The summed E-state index contributed by atoms with van der Waals surface area (Å²) in [7, 11) is 1.43. The Morgan fingerprint density at radius 3 is 2.67 bits per heavy atom. The van der Waals surface area contributed by atoms with E-state index in [-0.39, 0.29) is 5.97 Å². The van der Waals surface area contributed by atoms with Gasteiger partial charge >= 0.3 is 5.97 Å². The number of benzene rings is 1. The van der Waals surface area contributed by atoms with Crippen molar-refractivity contribution in [2.24, 2.45) is 5.92 Å². The average Bonchev–Trinajstić information content (AvgIpc) is 2.67. The van der Waals surface area contributed by atoms with Crippen LogP contribution in [0.5, 0.6) is 0 Å². The van der Waals surface area contributed by atoms with Crippen LogP contribution in [0.15, 0.2) is 24.3 Å². The van der Waals surface area contributed by atoms with Gasteiger partial charge in [-0.05, 0) is 24.8 Å². The number of carbonyl (C=O) groups excluding carboxylic acids is 1. The molecule has 21 heavy (non-hydrogen) atoms. The molecule has 0 amide bonds. The first kappa shape index (κ1) is 14.1. The van der Waals surface area contributed by atoms with Crippen LogP contribution in [-0.2, 0) is 11.3 Å². The Bertz CT molecular complexity index is 625. The molecule has 1 aromatic carbocycles. The zero-order chi connectivity index (χ0) is 14.7. The summed E-state index contributed by atoms with van der Waals surface area (Å²) in [5.41, 5.74) is 1.46. The summed E-state index contributed by atoms with van der Waals surface area (Å²) in [6.07, 6.45) is 7.72. The summed E-state index contributed by atoms with van der Waals surface area (Å²) in [5.74, 6) is 0.322. The average molecular weight is 286 g/mol. The van der Waals surface area contributed by atoms with Crippen LogP contribution >= 0.6 is 0 Å². The first-order valence-electron chi connectivity index (χ1n) is 7.83. The highest BCUT2D eigenvalue weighted by atomic mass is 16.5. The third-order valence-electron chi connectivity index (χ3n) is 4.43. The molecule has 1 aliphatic carbocycles. The largest absolute Gasteiger partial charge is 0.464 e. The molecule has 0 N–H and O–H groups in total. The third-order valence-corrected chi connectivity index (χ3v) is 4.43. The maximum absolute atomic E-state index is 12.1. The molecule has 0 bridgehead atoms. The lowest BCUT2D eigenvalue weighted by molar-refractivity contribution is 0.0587. The van der Waals surface area contributed by atoms with Gasteiger partial charge in [0.05, 0.1) is 12.6 Å². The summed E-state index contributed by atoms with van der Waals surface area (Å²) in [4.78, 5) is 12.1. The lowest BCUT2D eigenvalue weighted by Gasteiger charge is -2.15. The lowest BCUT2D eigenvalue weighted by Crippen LogP contribution is -2.17. The highest BCUT2D eigenvalue weighted by Crippen LogP contribution is 2.26. The molecular weight excluding hydrogens is 264 g/mol. The van der Waals surface area contributed by atoms with Crippen molar-refractivity contribution in [2.75, 3.05) is 7.11 Å². The maximum atomic E-state index is 12.1. The topological polar surface area (TPSA) is 44.1 Å². The Balaban J connectivity index is 1.94. The van der Waals surface area contributed by atoms with E-state index in [4.69, 9.17) is 4.74 Å². The Kier molecular flexibility index (Phi) is 4.23.